The van der Waals surface area contributed by atoms with Crippen molar-refractivity contribution in [2.45, 2.75) is 43.0 Å². The summed E-state index contributed by atoms with van der Waals surface area (Å²) in [7, 11) is -3.99. The highest BCUT2D eigenvalue weighted by Crippen LogP contribution is 2.33. The van der Waals surface area contributed by atoms with Crippen LogP contribution in [0, 0.1) is 5.82 Å². The average Bonchev–Trinajstić information content (AvgIpc) is 3.46. The molecule has 7 nitrogen and oxygen atoms in total. The van der Waals surface area contributed by atoms with Crippen LogP contribution < -0.4 is 0 Å². The summed E-state index contributed by atoms with van der Waals surface area (Å²) in [6, 6.07) is 11.1. The Labute approximate surface area is 186 Å². The summed E-state index contributed by atoms with van der Waals surface area (Å²) in [5, 5.41) is 0. The van der Waals surface area contributed by atoms with Gasteiger partial charge in [0.1, 0.15) is 16.5 Å². The fraction of sp³-hybridized carbons (Fsp3) is 0.391. The number of fused-ring (bicyclic) bond motifs is 1. The molecule has 2 fully saturated rings. The number of H-pyrrole nitrogens is 1. The maximum Gasteiger partial charge on any atom is 0.254 e. The lowest BCUT2D eigenvalue weighted by atomic mass is 10.1. The number of nitrogens with one attached hydrogen (secondary N) is 1. The van der Waals surface area contributed by atoms with Crippen LogP contribution in [0.5, 0.6) is 0 Å². The number of hydrogen-bond acceptors (Lipinski definition) is 4. The van der Waals surface area contributed by atoms with Crippen LogP contribution in [0.2, 0.25) is 0 Å². The molecular weight excluding hydrogens is 431 g/mol. The third kappa shape index (κ3) is 3.69. The number of rotatable bonds is 4. The minimum absolute atomic E-state index is 0.171. The quantitative estimate of drug-likeness (QED) is 0.646. The first kappa shape index (κ1) is 21.1. The molecule has 1 atom stereocenters. The first-order chi connectivity index (χ1) is 15.4. The van der Waals surface area contributed by atoms with Crippen LogP contribution in [0.1, 0.15) is 54.3 Å². The number of nitrogens with zero attached hydrogens (tertiary/aromatic N) is 3. The van der Waals surface area contributed by atoms with E-state index >= 15 is 0 Å². The van der Waals surface area contributed by atoms with Gasteiger partial charge < -0.3 is 9.88 Å². The highest BCUT2D eigenvalue weighted by Gasteiger charge is 2.34. The monoisotopic (exact) mass is 456 g/mol. The third-order valence-corrected chi connectivity index (χ3v) is 8.26. The summed E-state index contributed by atoms with van der Waals surface area (Å²) in [5.41, 5.74) is 1.90. The Balaban J connectivity index is 1.45. The largest absolute Gasteiger partial charge is 0.340 e. The number of hydrogen-bond donors (Lipinski definition) is 1. The molecule has 3 aromatic rings. The molecule has 1 N–H and O–H groups in total. The Morgan fingerprint density at radius 2 is 1.81 bits per heavy atom. The number of piperidine rings is 1. The summed E-state index contributed by atoms with van der Waals surface area (Å²) in [5.74, 6) is -0.439. The molecule has 0 radical (unpaired) electrons. The van der Waals surface area contributed by atoms with Gasteiger partial charge in [0.15, 0.2) is 0 Å². The summed E-state index contributed by atoms with van der Waals surface area (Å²) in [6.45, 7) is 1.28. The lowest BCUT2D eigenvalue weighted by Gasteiger charge is -2.27. The fourth-order valence-corrected chi connectivity index (χ4v) is 6.28. The molecule has 1 amide bonds. The first-order valence-corrected chi connectivity index (χ1v) is 12.4. The number of sulfonamides is 1. The lowest BCUT2D eigenvalue weighted by molar-refractivity contribution is 0.0730. The van der Waals surface area contributed by atoms with Gasteiger partial charge >= 0.3 is 0 Å². The number of para-hydroxylation sites is 2. The second-order valence-electron chi connectivity index (χ2n) is 8.41. The number of carbonyl (C=O) groups is 1. The number of benzene rings is 2. The number of amides is 1. The normalized spacial score (nSPS) is 20.2. The van der Waals surface area contributed by atoms with E-state index in [2.05, 4.69) is 9.97 Å². The Hall–Kier alpha value is -2.78. The van der Waals surface area contributed by atoms with Crippen molar-refractivity contribution in [3.05, 3.63) is 59.7 Å². The Morgan fingerprint density at radius 3 is 2.59 bits per heavy atom. The second-order valence-corrected chi connectivity index (χ2v) is 10.3. The molecule has 32 heavy (non-hydrogen) atoms. The smallest absolute Gasteiger partial charge is 0.254 e. The lowest BCUT2D eigenvalue weighted by Crippen LogP contribution is -2.36. The molecule has 1 aromatic heterocycles. The molecule has 2 saturated heterocycles. The van der Waals surface area contributed by atoms with Crippen LogP contribution in [-0.2, 0) is 10.0 Å². The van der Waals surface area contributed by atoms with E-state index in [0.717, 1.165) is 49.2 Å². The van der Waals surface area contributed by atoms with Crippen molar-refractivity contribution in [1.82, 2.24) is 19.2 Å². The van der Waals surface area contributed by atoms with E-state index in [9.17, 15) is 17.6 Å². The van der Waals surface area contributed by atoms with Gasteiger partial charge in [0, 0.05) is 25.2 Å². The van der Waals surface area contributed by atoms with Crippen molar-refractivity contribution in [3.8, 4) is 0 Å². The number of imidazole rings is 1. The maximum atomic E-state index is 14.6. The van der Waals surface area contributed by atoms with E-state index in [1.54, 1.807) is 4.90 Å². The summed E-state index contributed by atoms with van der Waals surface area (Å²) in [4.78, 5) is 22.6. The minimum atomic E-state index is -3.99. The molecule has 0 saturated carbocycles. The third-order valence-electron chi connectivity index (χ3n) is 6.35. The van der Waals surface area contributed by atoms with Crippen LogP contribution in [0.3, 0.4) is 0 Å². The van der Waals surface area contributed by atoms with E-state index in [4.69, 9.17) is 0 Å². The van der Waals surface area contributed by atoms with Gasteiger partial charge in [-0.2, -0.15) is 4.31 Å². The van der Waals surface area contributed by atoms with Crippen molar-refractivity contribution >= 4 is 27.0 Å². The van der Waals surface area contributed by atoms with Crippen LogP contribution >= 0.6 is 0 Å². The number of aromatic amines is 1. The Bertz CT molecular complexity index is 1230. The molecule has 0 aliphatic carbocycles. The maximum absolute atomic E-state index is 14.6. The number of likely N-dealkylation sites (tertiary alicyclic amines) is 1. The number of carbonyl (C=O) groups excluding carboxylic acids is 1. The molecule has 168 valence electrons. The van der Waals surface area contributed by atoms with Crippen molar-refractivity contribution in [2.75, 3.05) is 19.6 Å². The Morgan fingerprint density at radius 1 is 1.03 bits per heavy atom. The second kappa shape index (κ2) is 8.29. The minimum Gasteiger partial charge on any atom is -0.340 e. The average molecular weight is 457 g/mol. The Kier molecular flexibility index (Phi) is 5.46. The van der Waals surface area contributed by atoms with Gasteiger partial charge in [0.25, 0.3) is 5.91 Å². The molecule has 2 aromatic carbocycles. The van der Waals surface area contributed by atoms with Gasteiger partial charge in [-0.05, 0) is 56.0 Å². The zero-order valence-electron chi connectivity index (χ0n) is 17.6. The van der Waals surface area contributed by atoms with Crippen molar-refractivity contribution in [2.24, 2.45) is 0 Å². The molecule has 0 bridgehead atoms. The van der Waals surface area contributed by atoms with Crippen LogP contribution in [0.25, 0.3) is 11.0 Å². The van der Waals surface area contributed by atoms with E-state index in [1.165, 1.54) is 16.4 Å². The SMILES string of the molecule is O=C(c1ccc(F)c(S(=O)(=O)N2CCCCC2)c1)N1CCC[C@H]1c1nc2ccccc2[nH]1. The standard InChI is InChI=1S/C23H25FN4O3S/c24-17-11-10-16(15-21(17)32(30,31)27-12-4-1-5-13-27)23(29)28-14-6-9-20(28)22-25-18-7-2-3-8-19(18)26-22/h2-3,7-8,10-11,15,20H,1,4-6,9,12-14H2,(H,25,26)/t20-/m0/s1. The molecule has 5 rings (SSSR count). The number of aromatic nitrogens is 2. The van der Waals surface area contributed by atoms with Crippen LogP contribution in [0.15, 0.2) is 47.4 Å². The summed E-state index contributed by atoms with van der Waals surface area (Å²) < 4.78 is 42.0. The van der Waals surface area contributed by atoms with Gasteiger partial charge in [-0.15, -0.1) is 0 Å². The molecule has 3 heterocycles. The van der Waals surface area contributed by atoms with Crippen molar-refractivity contribution in [1.29, 1.82) is 0 Å². The molecule has 0 unspecified atom stereocenters. The van der Waals surface area contributed by atoms with E-state index in [1.807, 2.05) is 24.3 Å². The highest BCUT2D eigenvalue weighted by atomic mass is 32.2. The zero-order valence-corrected chi connectivity index (χ0v) is 18.4. The van der Waals surface area contributed by atoms with E-state index in [-0.39, 0.29) is 17.5 Å². The topological polar surface area (TPSA) is 86.4 Å². The molecule has 2 aliphatic heterocycles. The van der Waals surface area contributed by atoms with E-state index < -0.39 is 20.7 Å². The molecule has 9 heteroatoms. The van der Waals surface area contributed by atoms with Gasteiger partial charge in [-0.25, -0.2) is 17.8 Å². The summed E-state index contributed by atoms with van der Waals surface area (Å²) in [6.07, 6.45) is 4.04. The number of halogens is 1. The van der Waals surface area contributed by atoms with Gasteiger partial charge in [0.05, 0.1) is 17.1 Å². The van der Waals surface area contributed by atoms with Crippen LogP contribution in [-0.4, -0.2) is 53.1 Å². The fourth-order valence-electron chi connectivity index (χ4n) is 4.67. The predicted octanol–water partition coefficient (Wildman–Crippen LogP) is 3.85. The highest BCUT2D eigenvalue weighted by molar-refractivity contribution is 7.89. The van der Waals surface area contributed by atoms with Gasteiger partial charge in [0.2, 0.25) is 10.0 Å². The van der Waals surface area contributed by atoms with Crippen molar-refractivity contribution < 1.29 is 17.6 Å². The van der Waals surface area contributed by atoms with Gasteiger partial charge in [-0.3, -0.25) is 4.79 Å². The van der Waals surface area contributed by atoms with Gasteiger partial charge in [-0.1, -0.05) is 18.6 Å². The van der Waals surface area contributed by atoms with Crippen molar-refractivity contribution in [3.63, 3.8) is 0 Å². The molecular formula is C23H25FN4O3S. The molecule has 2 aliphatic rings. The molecule has 0 spiro atoms. The zero-order chi connectivity index (χ0) is 22.3. The van der Waals surface area contributed by atoms with Crippen LogP contribution in [0.4, 0.5) is 4.39 Å². The first-order valence-electron chi connectivity index (χ1n) is 11.0. The predicted molar refractivity (Wildman–Crippen MR) is 118 cm³/mol. The van der Waals surface area contributed by atoms with E-state index in [0.29, 0.717) is 25.5 Å². The summed E-state index contributed by atoms with van der Waals surface area (Å²) >= 11 is 0.